The van der Waals surface area contributed by atoms with E-state index in [1.165, 1.54) is 16.4 Å². The molecule has 1 amide bonds. The number of amides is 1. The highest BCUT2D eigenvalue weighted by Crippen LogP contribution is 2.29. The van der Waals surface area contributed by atoms with Crippen molar-refractivity contribution in [3.05, 3.63) is 101 Å². The number of carbonyl (C=O) groups excluding carboxylic acids is 1. The lowest BCUT2D eigenvalue weighted by Crippen LogP contribution is -2.52. The summed E-state index contributed by atoms with van der Waals surface area (Å²) in [5.41, 5.74) is 3.41. The number of benzene rings is 3. The Kier molecular flexibility index (Phi) is 5.89. The molecule has 0 fully saturated rings. The van der Waals surface area contributed by atoms with Gasteiger partial charge in [0, 0.05) is 13.1 Å². The zero-order chi connectivity index (χ0) is 22.0. The molecular formula is C24H23FN2O3S. The molecule has 1 atom stereocenters. The number of hydrogen-bond acceptors (Lipinski definition) is 3. The van der Waals surface area contributed by atoms with E-state index in [0.717, 1.165) is 22.3 Å². The summed E-state index contributed by atoms with van der Waals surface area (Å²) in [6.07, 6.45) is 0.288. The minimum absolute atomic E-state index is 0.126. The molecule has 1 aliphatic rings. The van der Waals surface area contributed by atoms with Gasteiger partial charge in [-0.1, -0.05) is 48.5 Å². The van der Waals surface area contributed by atoms with Crippen LogP contribution in [0.15, 0.2) is 77.7 Å². The van der Waals surface area contributed by atoms with E-state index in [1.54, 1.807) is 30.3 Å². The van der Waals surface area contributed by atoms with Crippen molar-refractivity contribution in [2.24, 2.45) is 0 Å². The van der Waals surface area contributed by atoms with Crippen molar-refractivity contribution < 1.29 is 17.6 Å². The normalized spacial score (nSPS) is 16.5. The lowest BCUT2D eigenvalue weighted by Gasteiger charge is -2.35. The minimum Gasteiger partial charge on any atom is -0.351 e. The summed E-state index contributed by atoms with van der Waals surface area (Å²) in [5.74, 6) is -0.732. The third kappa shape index (κ3) is 4.52. The van der Waals surface area contributed by atoms with E-state index in [4.69, 9.17) is 0 Å². The first-order valence-electron chi connectivity index (χ1n) is 10.0. The van der Waals surface area contributed by atoms with E-state index in [9.17, 15) is 17.6 Å². The monoisotopic (exact) mass is 438 g/mol. The van der Waals surface area contributed by atoms with Crippen LogP contribution in [-0.4, -0.2) is 24.7 Å². The predicted octanol–water partition coefficient (Wildman–Crippen LogP) is 3.57. The van der Waals surface area contributed by atoms with Gasteiger partial charge in [-0.05, 0) is 59.9 Å². The molecule has 0 aliphatic carbocycles. The molecule has 3 aromatic carbocycles. The maximum absolute atomic E-state index is 13.5. The smallest absolute Gasteiger partial charge is 0.244 e. The van der Waals surface area contributed by atoms with Crippen LogP contribution >= 0.6 is 0 Å². The molecule has 1 N–H and O–H groups in total. The van der Waals surface area contributed by atoms with Gasteiger partial charge in [-0.25, -0.2) is 12.8 Å². The highest BCUT2D eigenvalue weighted by molar-refractivity contribution is 7.89. The van der Waals surface area contributed by atoms with Crippen LogP contribution in [0.5, 0.6) is 0 Å². The molecule has 0 radical (unpaired) electrons. The summed E-state index contributed by atoms with van der Waals surface area (Å²) in [7, 11) is -3.89. The summed E-state index contributed by atoms with van der Waals surface area (Å²) in [5, 5.41) is 2.82. The fraction of sp³-hybridized carbons (Fsp3) is 0.208. The lowest BCUT2D eigenvalue weighted by atomic mass is 9.95. The fourth-order valence-corrected chi connectivity index (χ4v) is 5.47. The van der Waals surface area contributed by atoms with Crippen molar-refractivity contribution in [3.8, 4) is 0 Å². The van der Waals surface area contributed by atoms with E-state index in [1.807, 2.05) is 37.3 Å². The Morgan fingerprint density at radius 2 is 1.74 bits per heavy atom. The zero-order valence-electron chi connectivity index (χ0n) is 17.1. The van der Waals surface area contributed by atoms with Crippen molar-refractivity contribution in [3.63, 3.8) is 0 Å². The number of rotatable bonds is 5. The summed E-state index contributed by atoms with van der Waals surface area (Å²) >= 11 is 0. The van der Waals surface area contributed by atoms with Crippen LogP contribution in [0.1, 0.15) is 22.3 Å². The van der Waals surface area contributed by atoms with E-state index < -0.39 is 16.1 Å². The van der Waals surface area contributed by atoms with Crippen LogP contribution in [-0.2, 0) is 34.3 Å². The number of nitrogens with zero attached hydrogens (tertiary/aromatic N) is 1. The van der Waals surface area contributed by atoms with Crippen LogP contribution in [0, 0.1) is 12.7 Å². The first-order chi connectivity index (χ1) is 14.8. The van der Waals surface area contributed by atoms with E-state index in [-0.39, 0.29) is 36.1 Å². The topological polar surface area (TPSA) is 66.5 Å². The predicted molar refractivity (Wildman–Crippen MR) is 116 cm³/mol. The molecule has 7 heteroatoms. The van der Waals surface area contributed by atoms with Gasteiger partial charge in [0.2, 0.25) is 15.9 Å². The highest BCUT2D eigenvalue weighted by atomic mass is 32.2. The Morgan fingerprint density at radius 1 is 1.03 bits per heavy atom. The quantitative estimate of drug-likeness (QED) is 0.662. The maximum Gasteiger partial charge on any atom is 0.244 e. The SMILES string of the molecule is Cc1cccc(S(=O)(=O)N2Cc3ccccc3C[C@H]2C(=O)NCc2ccc(F)cc2)c1. The second kappa shape index (κ2) is 8.61. The molecule has 0 bridgehead atoms. The van der Waals surface area contributed by atoms with Gasteiger partial charge < -0.3 is 5.32 Å². The summed E-state index contributed by atoms with van der Waals surface area (Å²) in [6.45, 7) is 2.15. The molecule has 1 heterocycles. The van der Waals surface area contributed by atoms with Crippen LogP contribution < -0.4 is 5.32 Å². The zero-order valence-corrected chi connectivity index (χ0v) is 17.9. The number of hydrogen-bond donors (Lipinski definition) is 1. The van der Waals surface area contributed by atoms with Crippen LogP contribution in [0.25, 0.3) is 0 Å². The molecular weight excluding hydrogens is 415 g/mol. The highest BCUT2D eigenvalue weighted by Gasteiger charge is 2.39. The number of carbonyl (C=O) groups is 1. The number of fused-ring (bicyclic) bond motifs is 1. The Labute approximate surface area is 181 Å². The number of nitrogens with one attached hydrogen (secondary N) is 1. The van der Waals surface area contributed by atoms with Gasteiger partial charge in [0.25, 0.3) is 0 Å². The molecule has 4 rings (SSSR count). The fourth-order valence-electron chi connectivity index (χ4n) is 3.80. The van der Waals surface area contributed by atoms with Gasteiger partial charge in [-0.15, -0.1) is 0 Å². The largest absolute Gasteiger partial charge is 0.351 e. The van der Waals surface area contributed by atoms with Gasteiger partial charge >= 0.3 is 0 Å². The lowest BCUT2D eigenvalue weighted by molar-refractivity contribution is -0.125. The van der Waals surface area contributed by atoms with Gasteiger partial charge in [-0.2, -0.15) is 4.31 Å². The maximum atomic E-state index is 13.5. The molecule has 3 aromatic rings. The second-order valence-corrected chi connectivity index (χ2v) is 9.59. The summed E-state index contributed by atoms with van der Waals surface area (Å²) in [4.78, 5) is 13.3. The van der Waals surface area contributed by atoms with Gasteiger partial charge in [0.1, 0.15) is 11.9 Å². The molecule has 1 aliphatic heterocycles. The Hall–Kier alpha value is -3.03. The number of sulfonamides is 1. The molecule has 0 saturated heterocycles. The third-order valence-electron chi connectivity index (χ3n) is 5.48. The standard InChI is InChI=1S/C24H23FN2O3S/c1-17-5-4-8-22(13-17)31(29,30)27-16-20-7-3-2-6-19(20)14-23(27)24(28)26-15-18-9-11-21(25)12-10-18/h2-13,23H,14-16H2,1H3,(H,26,28)/t23-/m0/s1. The van der Waals surface area contributed by atoms with Gasteiger partial charge in [-0.3, -0.25) is 4.79 Å². The first-order valence-corrected chi connectivity index (χ1v) is 11.5. The average Bonchev–Trinajstić information content (AvgIpc) is 2.77. The van der Waals surface area contributed by atoms with E-state index in [0.29, 0.717) is 0 Å². The number of halogens is 1. The van der Waals surface area contributed by atoms with Crippen molar-refractivity contribution in [1.82, 2.24) is 9.62 Å². The third-order valence-corrected chi connectivity index (χ3v) is 7.33. The van der Waals surface area contributed by atoms with Crippen molar-refractivity contribution >= 4 is 15.9 Å². The van der Waals surface area contributed by atoms with Gasteiger partial charge in [0.15, 0.2) is 0 Å². The second-order valence-electron chi connectivity index (χ2n) is 7.70. The van der Waals surface area contributed by atoms with Crippen molar-refractivity contribution in [1.29, 1.82) is 0 Å². The summed E-state index contributed by atoms with van der Waals surface area (Å²) < 4.78 is 41.4. The molecule has 31 heavy (non-hydrogen) atoms. The van der Waals surface area contributed by atoms with Crippen LogP contribution in [0.3, 0.4) is 0 Å². The van der Waals surface area contributed by atoms with E-state index in [2.05, 4.69) is 5.32 Å². The molecule has 160 valence electrons. The molecule has 0 spiro atoms. The van der Waals surface area contributed by atoms with Crippen molar-refractivity contribution in [2.75, 3.05) is 0 Å². The number of aryl methyl sites for hydroxylation is 1. The minimum atomic E-state index is -3.89. The van der Waals surface area contributed by atoms with Gasteiger partial charge in [0.05, 0.1) is 4.90 Å². The molecule has 0 unspecified atom stereocenters. The van der Waals surface area contributed by atoms with Crippen LogP contribution in [0.4, 0.5) is 4.39 Å². The molecule has 5 nitrogen and oxygen atoms in total. The summed E-state index contributed by atoms with van der Waals surface area (Å²) in [6, 6.07) is 19.2. The Bertz CT molecular complexity index is 1210. The first kappa shape index (κ1) is 21.2. The Balaban J connectivity index is 1.64. The average molecular weight is 439 g/mol. The molecule has 0 saturated carbocycles. The molecule has 0 aromatic heterocycles. The van der Waals surface area contributed by atoms with Crippen LogP contribution in [0.2, 0.25) is 0 Å². The Morgan fingerprint density at radius 3 is 2.45 bits per heavy atom. The van der Waals surface area contributed by atoms with E-state index >= 15 is 0 Å². The van der Waals surface area contributed by atoms with Crippen molar-refractivity contribution in [2.45, 2.75) is 37.4 Å².